The molecule has 0 spiro atoms. The van der Waals surface area contributed by atoms with Crippen LogP contribution in [0.3, 0.4) is 0 Å². The maximum atomic E-state index is 13.0. The Morgan fingerprint density at radius 2 is 1.43 bits per heavy atom. The van der Waals surface area contributed by atoms with Crippen molar-refractivity contribution >= 4 is 16.6 Å². The molecule has 0 bridgehead atoms. The third kappa shape index (κ3) is 5.16. The normalized spacial score (nSPS) is 11.2. The van der Waals surface area contributed by atoms with Crippen LogP contribution in [0.4, 0.5) is 0 Å². The molecule has 0 unspecified atom stereocenters. The Labute approximate surface area is 248 Å². The van der Waals surface area contributed by atoms with E-state index in [1.54, 1.807) is 0 Å². The Morgan fingerprint density at radius 1 is 0.650 bits per heavy atom. The van der Waals surface area contributed by atoms with Gasteiger partial charge in [-0.15, -0.1) is 70.8 Å². The van der Waals surface area contributed by atoms with E-state index in [2.05, 4.69) is 48.3 Å². The predicted molar refractivity (Wildman–Crippen MR) is 158 cm³/mol. The van der Waals surface area contributed by atoms with Crippen LogP contribution in [0, 0.1) is 32.9 Å². The van der Waals surface area contributed by atoms with Gasteiger partial charge in [-0.1, -0.05) is 68.4 Å². The van der Waals surface area contributed by atoms with Crippen LogP contribution in [0.1, 0.15) is 32.6 Å². The van der Waals surface area contributed by atoms with Gasteiger partial charge >= 0.3 is 0 Å². The summed E-state index contributed by atoms with van der Waals surface area (Å²) in [6, 6.07) is 36.4. The fourth-order valence-electron chi connectivity index (χ4n) is 5.17. The number of ketones is 1. The van der Waals surface area contributed by atoms with Gasteiger partial charge in [-0.25, -0.2) is 0 Å². The van der Waals surface area contributed by atoms with Gasteiger partial charge in [0.05, 0.1) is 0 Å². The minimum Gasteiger partial charge on any atom is -0.304 e. The number of hydrogen-bond donors (Lipinski definition) is 0. The number of rotatable bonds is 2. The predicted octanol–water partition coefficient (Wildman–Crippen LogP) is 8.38. The fraction of sp³-hybridized carbons (Fsp3) is 0.0833. The van der Waals surface area contributed by atoms with Gasteiger partial charge in [0, 0.05) is 49.2 Å². The van der Waals surface area contributed by atoms with Gasteiger partial charge < -0.3 is 9.97 Å². The summed E-state index contributed by atoms with van der Waals surface area (Å²) in [5.74, 6) is 0.0836. The van der Waals surface area contributed by atoms with Crippen molar-refractivity contribution in [1.29, 1.82) is 0 Å². The van der Waals surface area contributed by atoms with Gasteiger partial charge in [-0.05, 0) is 40.2 Å². The number of aryl methyl sites for hydroxylation is 3. The maximum absolute atomic E-state index is 13.0. The fourth-order valence-corrected chi connectivity index (χ4v) is 5.17. The molecule has 0 N–H and O–H groups in total. The molecule has 2 aromatic heterocycles. The van der Waals surface area contributed by atoms with Crippen LogP contribution < -0.4 is 0 Å². The summed E-state index contributed by atoms with van der Waals surface area (Å²) < 4.78 is 0. The second-order valence-electron chi connectivity index (χ2n) is 9.87. The molecule has 0 fully saturated rings. The Bertz CT molecular complexity index is 1820. The summed E-state index contributed by atoms with van der Waals surface area (Å²) in [6.45, 7) is 6.15. The molecule has 197 valence electrons. The van der Waals surface area contributed by atoms with Crippen LogP contribution in [0.2, 0.25) is 0 Å². The Morgan fingerprint density at radius 3 is 2.15 bits per heavy atom. The first-order chi connectivity index (χ1) is 19.0. The molecule has 7 rings (SSSR count). The second kappa shape index (κ2) is 11.5. The third-order valence-electron chi connectivity index (χ3n) is 6.92. The summed E-state index contributed by atoms with van der Waals surface area (Å²) in [7, 11) is 0. The first-order valence-electron chi connectivity index (χ1n) is 13.0. The molecule has 0 saturated carbocycles. The van der Waals surface area contributed by atoms with Crippen LogP contribution >= 0.6 is 0 Å². The van der Waals surface area contributed by atoms with Crippen LogP contribution in [0.5, 0.6) is 0 Å². The second-order valence-corrected chi connectivity index (χ2v) is 9.87. The third-order valence-corrected chi connectivity index (χ3v) is 6.92. The zero-order valence-corrected chi connectivity index (χ0v) is 24.8. The van der Waals surface area contributed by atoms with Gasteiger partial charge in [-0.3, -0.25) is 4.79 Å². The summed E-state index contributed by atoms with van der Waals surface area (Å²) in [6.07, 6.45) is 3.77. The maximum Gasteiger partial charge on any atom is 0.194 e. The van der Waals surface area contributed by atoms with Gasteiger partial charge in [0.25, 0.3) is 0 Å². The van der Waals surface area contributed by atoms with Crippen molar-refractivity contribution in [1.82, 2.24) is 9.97 Å². The van der Waals surface area contributed by atoms with Crippen molar-refractivity contribution in [2.45, 2.75) is 20.8 Å². The molecule has 0 atom stereocenters. The van der Waals surface area contributed by atoms with Crippen molar-refractivity contribution < 1.29 is 24.9 Å². The molecule has 40 heavy (non-hydrogen) atoms. The van der Waals surface area contributed by atoms with E-state index in [4.69, 9.17) is 4.98 Å². The van der Waals surface area contributed by atoms with Crippen molar-refractivity contribution in [3.05, 3.63) is 143 Å². The zero-order valence-electron chi connectivity index (χ0n) is 22.5. The van der Waals surface area contributed by atoms with Crippen molar-refractivity contribution in [3.8, 4) is 33.6 Å². The largest absolute Gasteiger partial charge is 0.304 e. The van der Waals surface area contributed by atoms with Gasteiger partial charge in [0.15, 0.2) is 5.78 Å². The summed E-state index contributed by atoms with van der Waals surface area (Å²) >= 11 is 0. The van der Waals surface area contributed by atoms with E-state index in [-0.39, 0.29) is 25.9 Å². The Hall–Kier alpha value is -4.24. The number of benzene rings is 4. The minimum absolute atomic E-state index is 0. The van der Waals surface area contributed by atoms with Gasteiger partial charge in [-0.2, -0.15) is 0 Å². The van der Waals surface area contributed by atoms with E-state index in [0.717, 1.165) is 61.1 Å². The van der Waals surface area contributed by atoms with Crippen molar-refractivity contribution in [2.24, 2.45) is 0 Å². The first-order valence-corrected chi connectivity index (χ1v) is 13.0. The van der Waals surface area contributed by atoms with Crippen molar-refractivity contribution in [2.75, 3.05) is 0 Å². The van der Waals surface area contributed by atoms with Crippen LogP contribution in [0.15, 0.2) is 103 Å². The molecule has 0 aliphatic heterocycles. The smallest absolute Gasteiger partial charge is 0.194 e. The molecule has 2 heterocycles. The van der Waals surface area contributed by atoms with Crippen LogP contribution in [-0.2, 0) is 20.1 Å². The monoisotopic (exact) mass is 695 g/mol. The molecule has 1 aliphatic rings. The van der Waals surface area contributed by atoms with E-state index in [9.17, 15) is 4.79 Å². The molecule has 0 amide bonds. The average Bonchev–Trinajstić information content (AvgIpc) is 2.96. The van der Waals surface area contributed by atoms with E-state index in [1.165, 1.54) is 11.1 Å². The van der Waals surface area contributed by atoms with Crippen LogP contribution in [0.25, 0.3) is 44.4 Å². The average molecular weight is 695 g/mol. The first kappa shape index (κ1) is 27.3. The van der Waals surface area contributed by atoms with E-state index in [0.29, 0.717) is 0 Å². The standard InChI is InChI=1S/C24H16NO.C12H10N.Ir/c1-14-10-15(2)12-16(11-14)23-19-8-5-9-20-22(19)21(13-25-23)17-6-3-4-7-18(17)24(20)26;1-10-7-8-12(13-9-10)11-5-3-2-4-6-11;/h3-11,13H,1-2H3;2-5,7-9H,1H3;/q2*-1;. The van der Waals surface area contributed by atoms with E-state index < -0.39 is 0 Å². The van der Waals surface area contributed by atoms with E-state index >= 15 is 0 Å². The molecule has 6 aromatic rings. The van der Waals surface area contributed by atoms with E-state index in [1.807, 2.05) is 93.0 Å². The molecular weight excluding hydrogens is 669 g/mol. The van der Waals surface area contributed by atoms with Gasteiger partial charge in [0.1, 0.15) is 0 Å². The number of carbonyl (C=O) groups is 1. The minimum atomic E-state index is 0. The zero-order chi connectivity index (χ0) is 26.9. The van der Waals surface area contributed by atoms with Crippen LogP contribution in [-0.4, -0.2) is 15.8 Å². The summed E-state index contributed by atoms with van der Waals surface area (Å²) in [4.78, 5) is 22.1. The molecule has 4 heteroatoms. The molecular formula is C36H26IrN2O-2. The topological polar surface area (TPSA) is 42.9 Å². The molecule has 1 aliphatic carbocycles. The quantitative estimate of drug-likeness (QED) is 0.171. The number of aromatic nitrogens is 2. The van der Waals surface area contributed by atoms with Crippen molar-refractivity contribution in [3.63, 3.8) is 0 Å². The molecule has 3 nitrogen and oxygen atoms in total. The number of nitrogens with zero attached hydrogens (tertiary/aromatic N) is 2. The molecule has 1 radical (unpaired) electrons. The van der Waals surface area contributed by atoms with Gasteiger partial charge in [0.2, 0.25) is 0 Å². The number of fused-ring (bicyclic) bond motifs is 2. The number of hydrogen-bond acceptors (Lipinski definition) is 3. The Balaban J connectivity index is 0.000000195. The Kier molecular flexibility index (Phi) is 7.84. The summed E-state index contributed by atoms with van der Waals surface area (Å²) in [5, 5.41) is 2.00. The molecule has 0 saturated heterocycles. The number of pyridine rings is 2. The molecule has 4 aromatic carbocycles. The number of carbonyl (C=O) groups excluding carboxylic acids is 1. The summed E-state index contributed by atoms with van der Waals surface area (Å²) in [5.41, 5.74) is 10.8. The SMILES string of the molecule is Cc1[c-]c(-c2ncc3c4c(cccc24)C(=O)c2ccccc2-3)cc(C)c1.Cc1ccc(-c2[c-]cccc2)nc1.[Ir].